The van der Waals surface area contributed by atoms with Crippen LogP contribution in [-0.2, 0) is 0 Å². The molecule has 2 unspecified atom stereocenters. The van der Waals surface area contributed by atoms with Gasteiger partial charge in [0.1, 0.15) is 6.67 Å². The fraction of sp³-hybridized carbons (Fsp3) is 1.00. The van der Waals surface area contributed by atoms with Crippen molar-refractivity contribution in [3.05, 3.63) is 0 Å². The lowest BCUT2D eigenvalue weighted by atomic mass is 10.2. The van der Waals surface area contributed by atoms with Crippen molar-refractivity contribution in [2.24, 2.45) is 0 Å². The molecule has 0 bridgehead atoms. The average Bonchev–Trinajstić information content (AvgIpc) is 2.47. The normalized spacial score (nSPS) is 31.1. The predicted octanol–water partition coefficient (Wildman–Crippen LogP) is 1.83. The zero-order chi connectivity index (χ0) is 8.10. The van der Waals surface area contributed by atoms with Crippen LogP contribution in [-0.4, -0.2) is 30.8 Å². The Labute approximate surface area is 72.1 Å². The lowest BCUT2D eigenvalue weighted by molar-refractivity contribution is 0.434. The maximum atomic E-state index is 11.8. The minimum atomic E-state index is -0.238. The number of thioether (sulfide) groups is 1. The van der Waals surface area contributed by atoms with E-state index in [4.69, 9.17) is 0 Å². The van der Waals surface area contributed by atoms with Crippen LogP contribution >= 0.6 is 11.8 Å². The van der Waals surface area contributed by atoms with Crippen molar-refractivity contribution in [2.45, 2.75) is 30.6 Å². The zero-order valence-corrected chi connectivity index (χ0v) is 7.79. The molecule has 0 saturated heterocycles. The molecule has 3 heteroatoms. The summed E-state index contributed by atoms with van der Waals surface area (Å²) in [5.74, 6) is 0. The summed E-state index contributed by atoms with van der Waals surface area (Å²) in [5.41, 5.74) is 0. The Morgan fingerprint density at radius 3 is 3.00 bits per heavy atom. The van der Waals surface area contributed by atoms with Crippen molar-refractivity contribution in [1.82, 2.24) is 5.32 Å². The molecule has 1 saturated carbocycles. The van der Waals surface area contributed by atoms with E-state index in [1.807, 2.05) is 11.8 Å². The van der Waals surface area contributed by atoms with E-state index in [0.29, 0.717) is 12.6 Å². The monoisotopic (exact) mass is 177 g/mol. The van der Waals surface area contributed by atoms with Gasteiger partial charge in [0.05, 0.1) is 0 Å². The van der Waals surface area contributed by atoms with Gasteiger partial charge in [0.15, 0.2) is 0 Å². The van der Waals surface area contributed by atoms with Crippen molar-refractivity contribution in [3.8, 4) is 0 Å². The van der Waals surface area contributed by atoms with E-state index in [1.54, 1.807) is 0 Å². The summed E-state index contributed by atoms with van der Waals surface area (Å²) in [6, 6.07) is 0.570. The first-order valence-electron chi connectivity index (χ1n) is 4.20. The molecule has 0 aromatic heterocycles. The van der Waals surface area contributed by atoms with Crippen LogP contribution in [0.15, 0.2) is 0 Å². The first-order chi connectivity index (χ1) is 5.38. The average molecular weight is 177 g/mol. The van der Waals surface area contributed by atoms with Gasteiger partial charge in [-0.15, -0.1) is 0 Å². The molecule has 0 aliphatic heterocycles. The van der Waals surface area contributed by atoms with Crippen molar-refractivity contribution in [2.75, 3.05) is 19.5 Å². The van der Waals surface area contributed by atoms with Crippen LogP contribution in [0.1, 0.15) is 19.3 Å². The second-order valence-corrected chi connectivity index (χ2v) is 4.03. The van der Waals surface area contributed by atoms with Gasteiger partial charge in [-0.05, 0) is 19.1 Å². The molecule has 0 spiro atoms. The lowest BCUT2D eigenvalue weighted by Crippen LogP contribution is -2.35. The van der Waals surface area contributed by atoms with Crippen LogP contribution in [0.5, 0.6) is 0 Å². The summed E-state index contributed by atoms with van der Waals surface area (Å²) in [6.07, 6.45) is 5.96. The summed E-state index contributed by atoms with van der Waals surface area (Å²) in [4.78, 5) is 0. The summed E-state index contributed by atoms with van der Waals surface area (Å²) < 4.78 is 11.8. The minimum absolute atomic E-state index is 0.238. The van der Waals surface area contributed by atoms with Crippen LogP contribution in [0.3, 0.4) is 0 Å². The van der Waals surface area contributed by atoms with Crippen LogP contribution < -0.4 is 5.32 Å². The highest BCUT2D eigenvalue weighted by atomic mass is 32.2. The molecule has 1 rings (SSSR count). The highest BCUT2D eigenvalue weighted by molar-refractivity contribution is 7.99. The largest absolute Gasteiger partial charge is 0.310 e. The van der Waals surface area contributed by atoms with Crippen molar-refractivity contribution in [3.63, 3.8) is 0 Å². The van der Waals surface area contributed by atoms with Gasteiger partial charge >= 0.3 is 0 Å². The van der Waals surface area contributed by atoms with E-state index < -0.39 is 0 Å². The van der Waals surface area contributed by atoms with Crippen molar-refractivity contribution >= 4 is 11.8 Å². The molecule has 0 radical (unpaired) electrons. The minimum Gasteiger partial charge on any atom is -0.310 e. The summed E-state index contributed by atoms with van der Waals surface area (Å²) in [5, 5.41) is 3.96. The molecule has 66 valence electrons. The number of halogens is 1. The van der Waals surface area contributed by atoms with E-state index >= 15 is 0 Å². The molecular formula is C8H16FNS. The van der Waals surface area contributed by atoms with E-state index in [1.165, 1.54) is 19.3 Å². The van der Waals surface area contributed by atoms with Crippen molar-refractivity contribution in [1.29, 1.82) is 0 Å². The molecule has 1 aliphatic rings. The molecule has 1 aliphatic carbocycles. The second-order valence-electron chi connectivity index (χ2n) is 2.95. The van der Waals surface area contributed by atoms with E-state index in [2.05, 4.69) is 11.6 Å². The Hall–Kier alpha value is 0.240. The first kappa shape index (κ1) is 9.33. The van der Waals surface area contributed by atoms with Crippen molar-refractivity contribution < 1.29 is 4.39 Å². The third kappa shape index (κ3) is 2.64. The highest BCUT2D eigenvalue weighted by Gasteiger charge is 2.25. The number of hydrogen-bond acceptors (Lipinski definition) is 2. The molecule has 0 amide bonds. The number of hydrogen-bond donors (Lipinski definition) is 1. The van der Waals surface area contributed by atoms with Gasteiger partial charge in [0.2, 0.25) is 0 Å². The molecule has 11 heavy (non-hydrogen) atoms. The van der Waals surface area contributed by atoms with Gasteiger partial charge in [-0.3, -0.25) is 0 Å². The molecule has 0 aromatic rings. The van der Waals surface area contributed by atoms with Crippen LogP contribution in [0, 0.1) is 0 Å². The smallest absolute Gasteiger partial charge is 0.102 e. The Morgan fingerprint density at radius 2 is 2.36 bits per heavy atom. The first-order valence-corrected chi connectivity index (χ1v) is 5.49. The van der Waals surface area contributed by atoms with E-state index in [0.717, 1.165) is 5.25 Å². The van der Waals surface area contributed by atoms with E-state index in [-0.39, 0.29) is 6.67 Å². The SMILES string of the molecule is CSC1CCCC1NCCF. The molecular weight excluding hydrogens is 161 g/mol. The third-order valence-corrected chi connectivity index (χ3v) is 3.43. The summed E-state index contributed by atoms with van der Waals surface area (Å²) in [6.45, 7) is 0.291. The number of alkyl halides is 1. The summed E-state index contributed by atoms with van der Waals surface area (Å²) >= 11 is 1.91. The Kier molecular flexibility index (Phi) is 4.23. The fourth-order valence-corrected chi connectivity index (χ4v) is 2.64. The van der Waals surface area contributed by atoms with E-state index in [9.17, 15) is 4.39 Å². The molecule has 0 aromatic carbocycles. The van der Waals surface area contributed by atoms with Crippen LogP contribution in [0.25, 0.3) is 0 Å². The highest BCUT2D eigenvalue weighted by Crippen LogP contribution is 2.27. The van der Waals surface area contributed by atoms with Crippen LogP contribution in [0.4, 0.5) is 4.39 Å². The fourth-order valence-electron chi connectivity index (χ4n) is 1.68. The number of nitrogens with one attached hydrogen (secondary N) is 1. The molecule has 1 nitrogen and oxygen atoms in total. The van der Waals surface area contributed by atoms with Gasteiger partial charge in [0, 0.05) is 17.8 Å². The van der Waals surface area contributed by atoms with Gasteiger partial charge in [-0.1, -0.05) is 6.42 Å². The zero-order valence-electron chi connectivity index (χ0n) is 6.98. The number of rotatable bonds is 4. The van der Waals surface area contributed by atoms with Gasteiger partial charge < -0.3 is 5.32 Å². The van der Waals surface area contributed by atoms with Gasteiger partial charge in [0.25, 0.3) is 0 Å². The van der Waals surface area contributed by atoms with Gasteiger partial charge in [-0.25, -0.2) is 4.39 Å². The molecule has 0 heterocycles. The second kappa shape index (κ2) is 4.99. The Bertz CT molecular complexity index is 110. The lowest BCUT2D eigenvalue weighted by Gasteiger charge is -2.17. The quantitative estimate of drug-likeness (QED) is 0.703. The Morgan fingerprint density at radius 1 is 1.55 bits per heavy atom. The molecule has 1 fully saturated rings. The maximum Gasteiger partial charge on any atom is 0.102 e. The molecule has 2 atom stereocenters. The third-order valence-electron chi connectivity index (χ3n) is 2.26. The van der Waals surface area contributed by atoms with Crippen LogP contribution in [0.2, 0.25) is 0 Å². The predicted molar refractivity (Wildman–Crippen MR) is 48.9 cm³/mol. The standard InChI is InChI=1S/C8H16FNS/c1-11-8-4-2-3-7(8)10-6-5-9/h7-8,10H,2-6H2,1H3. The summed E-state index contributed by atoms with van der Waals surface area (Å²) in [7, 11) is 0. The maximum absolute atomic E-state index is 11.8. The topological polar surface area (TPSA) is 12.0 Å². The van der Waals surface area contributed by atoms with Gasteiger partial charge in [-0.2, -0.15) is 11.8 Å². The Balaban J connectivity index is 2.20. The molecule has 1 N–H and O–H groups in total.